The van der Waals surface area contributed by atoms with E-state index in [4.69, 9.17) is 10.9 Å². The van der Waals surface area contributed by atoms with Crippen LogP contribution in [0.15, 0.2) is 29.2 Å². The summed E-state index contributed by atoms with van der Waals surface area (Å²) in [4.78, 5) is 11.7. The van der Waals surface area contributed by atoms with Gasteiger partial charge in [-0.05, 0) is 30.5 Å². The zero-order valence-corrected chi connectivity index (χ0v) is 12.3. The third kappa shape index (κ3) is 5.28. The summed E-state index contributed by atoms with van der Waals surface area (Å²) < 4.78 is 22.2. The molecular weight excluding hydrogens is 278 g/mol. The minimum absolute atomic E-state index is 0.0789. The van der Waals surface area contributed by atoms with Gasteiger partial charge in [-0.1, -0.05) is 25.5 Å². The number of nitrogens with one attached hydrogen (secondary N) is 1. The number of carbonyl (C=O) groups is 1. The van der Waals surface area contributed by atoms with Crippen LogP contribution in [0.3, 0.4) is 0 Å². The molecule has 5 N–H and O–H groups in total. The van der Waals surface area contributed by atoms with Crippen molar-refractivity contribution in [1.29, 1.82) is 0 Å². The number of rotatable bonds is 7. The first kappa shape index (κ1) is 16.6. The van der Waals surface area contributed by atoms with Gasteiger partial charge >= 0.3 is 0 Å². The maximum atomic E-state index is 11.6. The van der Waals surface area contributed by atoms with Crippen LogP contribution in [0, 0.1) is 0 Å². The highest BCUT2D eigenvalue weighted by Crippen LogP contribution is 2.08. The summed E-state index contributed by atoms with van der Waals surface area (Å²) in [6.45, 7) is 2.44. The topological polar surface area (TPSA) is 115 Å². The Balaban J connectivity index is 2.45. The van der Waals surface area contributed by atoms with Gasteiger partial charge in [0.2, 0.25) is 15.9 Å². The number of carbonyl (C=O) groups excluding carboxylic acids is 1. The molecule has 1 rings (SSSR count). The Bertz CT molecular complexity index is 540. The van der Waals surface area contributed by atoms with E-state index >= 15 is 0 Å². The quantitative estimate of drug-likeness (QED) is 0.663. The Morgan fingerprint density at radius 3 is 2.40 bits per heavy atom. The predicted molar refractivity (Wildman–Crippen MR) is 77.4 cm³/mol. The Hall–Kier alpha value is -1.44. The van der Waals surface area contributed by atoms with Gasteiger partial charge in [-0.25, -0.2) is 13.6 Å². The summed E-state index contributed by atoms with van der Waals surface area (Å²) in [7, 11) is -3.66. The lowest BCUT2D eigenvalue weighted by Crippen LogP contribution is -2.41. The number of hydrogen-bond donors (Lipinski definition) is 3. The maximum Gasteiger partial charge on any atom is 0.238 e. The molecule has 1 aromatic carbocycles. The molecule has 0 unspecified atom stereocenters. The van der Waals surface area contributed by atoms with E-state index in [0.717, 1.165) is 12.0 Å². The second-order valence-corrected chi connectivity index (χ2v) is 6.19. The lowest BCUT2D eigenvalue weighted by molar-refractivity contribution is -0.122. The van der Waals surface area contributed by atoms with Crippen molar-refractivity contribution in [1.82, 2.24) is 5.32 Å². The average molecular weight is 299 g/mol. The van der Waals surface area contributed by atoms with Crippen molar-refractivity contribution in [2.24, 2.45) is 10.9 Å². The second kappa shape index (κ2) is 7.37. The molecule has 0 fully saturated rings. The molecule has 0 aliphatic rings. The molecule has 0 heterocycles. The van der Waals surface area contributed by atoms with Gasteiger partial charge < -0.3 is 11.1 Å². The van der Waals surface area contributed by atoms with Crippen LogP contribution in [0.25, 0.3) is 0 Å². The van der Waals surface area contributed by atoms with Crippen LogP contribution >= 0.6 is 0 Å². The number of sulfonamides is 1. The van der Waals surface area contributed by atoms with Gasteiger partial charge in [0.05, 0.1) is 10.9 Å². The van der Waals surface area contributed by atoms with Crippen molar-refractivity contribution in [3.63, 3.8) is 0 Å². The van der Waals surface area contributed by atoms with Crippen molar-refractivity contribution < 1.29 is 13.2 Å². The first-order valence-electron chi connectivity index (χ1n) is 6.49. The fraction of sp³-hybridized carbons (Fsp3) is 0.462. The molecule has 0 aromatic heterocycles. The van der Waals surface area contributed by atoms with E-state index in [0.29, 0.717) is 19.4 Å². The van der Waals surface area contributed by atoms with Gasteiger partial charge in [-0.3, -0.25) is 4.79 Å². The molecule has 0 spiro atoms. The van der Waals surface area contributed by atoms with E-state index in [1.807, 2.05) is 6.92 Å². The van der Waals surface area contributed by atoms with Crippen LogP contribution in [-0.2, 0) is 21.2 Å². The zero-order chi connectivity index (χ0) is 15.2. The molecule has 7 heteroatoms. The Kier molecular flexibility index (Phi) is 6.12. The molecule has 0 saturated heterocycles. The molecule has 6 nitrogen and oxygen atoms in total. The SMILES string of the molecule is CCC[C@@H](N)C(=O)NCCc1ccc(S(N)(=O)=O)cc1. The van der Waals surface area contributed by atoms with Gasteiger partial charge in [0.15, 0.2) is 0 Å². The summed E-state index contributed by atoms with van der Waals surface area (Å²) in [5.41, 5.74) is 6.60. The van der Waals surface area contributed by atoms with E-state index in [-0.39, 0.29) is 10.8 Å². The van der Waals surface area contributed by atoms with Gasteiger partial charge in [0.1, 0.15) is 0 Å². The van der Waals surface area contributed by atoms with Gasteiger partial charge in [0.25, 0.3) is 0 Å². The van der Waals surface area contributed by atoms with Crippen molar-refractivity contribution in [3.8, 4) is 0 Å². The highest BCUT2D eigenvalue weighted by molar-refractivity contribution is 7.89. The molecular formula is C13H21N3O3S. The average Bonchev–Trinajstić information content (AvgIpc) is 2.38. The summed E-state index contributed by atoms with van der Waals surface area (Å²) in [6, 6.07) is 5.80. The van der Waals surface area contributed by atoms with Crippen LogP contribution in [0.5, 0.6) is 0 Å². The normalized spacial score (nSPS) is 12.9. The third-order valence-corrected chi connectivity index (χ3v) is 3.83. The van der Waals surface area contributed by atoms with Crippen molar-refractivity contribution >= 4 is 15.9 Å². The summed E-state index contributed by atoms with van der Waals surface area (Å²) >= 11 is 0. The highest BCUT2D eigenvalue weighted by Gasteiger charge is 2.11. The highest BCUT2D eigenvalue weighted by atomic mass is 32.2. The minimum atomic E-state index is -3.66. The van der Waals surface area contributed by atoms with Crippen LogP contribution < -0.4 is 16.2 Å². The van der Waals surface area contributed by atoms with Crippen LogP contribution in [0.1, 0.15) is 25.3 Å². The molecule has 112 valence electrons. The molecule has 20 heavy (non-hydrogen) atoms. The zero-order valence-electron chi connectivity index (χ0n) is 11.5. The fourth-order valence-electron chi connectivity index (χ4n) is 1.75. The first-order chi connectivity index (χ1) is 9.34. The largest absolute Gasteiger partial charge is 0.354 e. The molecule has 0 aliphatic carbocycles. The Morgan fingerprint density at radius 1 is 1.30 bits per heavy atom. The molecule has 1 amide bonds. The number of benzene rings is 1. The van der Waals surface area contributed by atoms with Gasteiger partial charge in [-0.15, -0.1) is 0 Å². The first-order valence-corrected chi connectivity index (χ1v) is 8.04. The minimum Gasteiger partial charge on any atom is -0.354 e. The number of nitrogens with two attached hydrogens (primary N) is 2. The number of primary sulfonamides is 1. The smallest absolute Gasteiger partial charge is 0.238 e. The van der Waals surface area contributed by atoms with E-state index in [2.05, 4.69) is 5.32 Å². The van der Waals surface area contributed by atoms with Crippen LogP contribution in [0.4, 0.5) is 0 Å². The molecule has 0 saturated carbocycles. The van der Waals surface area contributed by atoms with E-state index < -0.39 is 16.1 Å². The Morgan fingerprint density at radius 2 is 1.90 bits per heavy atom. The summed E-state index contributed by atoms with van der Waals surface area (Å²) in [6.07, 6.45) is 2.13. The second-order valence-electron chi connectivity index (χ2n) is 4.63. The predicted octanol–water partition coefficient (Wildman–Crippen LogP) is 0.120. The van der Waals surface area contributed by atoms with Crippen LogP contribution in [-0.4, -0.2) is 26.9 Å². The lowest BCUT2D eigenvalue weighted by atomic mass is 10.1. The number of amides is 1. The number of hydrogen-bond acceptors (Lipinski definition) is 4. The summed E-state index contributed by atoms with van der Waals surface area (Å²) in [5.74, 6) is -0.159. The van der Waals surface area contributed by atoms with Crippen molar-refractivity contribution in [3.05, 3.63) is 29.8 Å². The Labute approximate surface area is 119 Å². The van der Waals surface area contributed by atoms with Gasteiger partial charge in [-0.2, -0.15) is 0 Å². The molecule has 0 bridgehead atoms. The maximum absolute atomic E-state index is 11.6. The van der Waals surface area contributed by atoms with Crippen molar-refractivity contribution in [2.45, 2.75) is 37.1 Å². The third-order valence-electron chi connectivity index (χ3n) is 2.90. The summed E-state index contributed by atoms with van der Waals surface area (Å²) in [5, 5.41) is 7.76. The van der Waals surface area contributed by atoms with Gasteiger partial charge in [0, 0.05) is 6.54 Å². The van der Waals surface area contributed by atoms with Crippen LogP contribution in [0.2, 0.25) is 0 Å². The molecule has 0 radical (unpaired) electrons. The fourth-order valence-corrected chi connectivity index (χ4v) is 2.26. The van der Waals surface area contributed by atoms with E-state index in [9.17, 15) is 13.2 Å². The molecule has 1 aromatic rings. The molecule has 0 aliphatic heterocycles. The lowest BCUT2D eigenvalue weighted by Gasteiger charge is -2.11. The monoisotopic (exact) mass is 299 g/mol. The van der Waals surface area contributed by atoms with E-state index in [1.165, 1.54) is 12.1 Å². The van der Waals surface area contributed by atoms with Crippen molar-refractivity contribution in [2.75, 3.05) is 6.54 Å². The van der Waals surface area contributed by atoms with E-state index in [1.54, 1.807) is 12.1 Å². The standard InChI is InChI=1S/C13H21N3O3S/c1-2-3-12(14)13(17)16-9-8-10-4-6-11(7-5-10)20(15,18)19/h4-7,12H,2-3,8-9,14H2,1H3,(H,16,17)(H2,15,18,19)/t12-/m1/s1. The molecule has 1 atom stereocenters.